The fourth-order valence-corrected chi connectivity index (χ4v) is 3.94. The number of rotatable bonds is 13. The molecule has 3 aromatic carbocycles. The van der Waals surface area contributed by atoms with Gasteiger partial charge in [0.15, 0.2) is 5.78 Å². The van der Waals surface area contributed by atoms with Crippen LogP contribution in [0.25, 0.3) is 11.1 Å². The van der Waals surface area contributed by atoms with E-state index in [1.165, 1.54) is 0 Å². The summed E-state index contributed by atoms with van der Waals surface area (Å²) in [4.78, 5) is 36.5. The topological polar surface area (TPSA) is 92.7 Å². The predicted molar refractivity (Wildman–Crippen MR) is 141 cm³/mol. The zero-order valence-corrected chi connectivity index (χ0v) is 20.8. The lowest BCUT2D eigenvalue weighted by Gasteiger charge is -2.12. The number of ether oxygens (including phenoxy) is 1. The van der Waals surface area contributed by atoms with Crippen LogP contribution in [0.15, 0.2) is 72.8 Å². The number of carbonyl (C=O) groups excluding carboxylic acids is 2. The number of nitrogens with one attached hydrogen (secondary N) is 1. The molecule has 3 aromatic rings. The molecule has 0 fully saturated rings. The van der Waals surface area contributed by atoms with Crippen molar-refractivity contribution < 1.29 is 24.2 Å². The van der Waals surface area contributed by atoms with E-state index in [9.17, 15) is 19.5 Å². The van der Waals surface area contributed by atoms with Crippen molar-refractivity contribution in [3.05, 3.63) is 83.9 Å². The summed E-state index contributed by atoms with van der Waals surface area (Å²) in [6.07, 6.45) is 3.26. The molecule has 3 rings (SSSR count). The number of carboxylic acid groups (broad SMARTS) is 1. The number of hydrogen-bond donors (Lipinski definition) is 2. The molecular formula is C30H33NO5. The van der Waals surface area contributed by atoms with Crippen LogP contribution >= 0.6 is 0 Å². The van der Waals surface area contributed by atoms with Crippen molar-refractivity contribution in [1.82, 2.24) is 0 Å². The summed E-state index contributed by atoms with van der Waals surface area (Å²) in [5, 5.41) is 12.5. The number of benzene rings is 3. The molecule has 36 heavy (non-hydrogen) atoms. The fraction of sp³-hybridized carbons (Fsp3) is 0.300. The quantitative estimate of drug-likeness (QED) is 0.272. The van der Waals surface area contributed by atoms with Gasteiger partial charge in [-0.25, -0.2) is 0 Å². The van der Waals surface area contributed by atoms with E-state index in [0.717, 1.165) is 41.0 Å². The van der Waals surface area contributed by atoms with Crippen molar-refractivity contribution in [2.24, 2.45) is 5.92 Å². The SMILES string of the molecule is CCCCC(=O)Nc1ccc(-c2ccc(C(=O)CC(CCc3ccc(OC)cc3)C(=O)O)cc2)cc1. The highest BCUT2D eigenvalue weighted by Crippen LogP contribution is 2.24. The van der Waals surface area contributed by atoms with Crippen LogP contribution in [0.3, 0.4) is 0 Å². The molecule has 0 aliphatic heterocycles. The number of unbranched alkanes of at least 4 members (excludes halogenated alkanes) is 1. The highest BCUT2D eigenvalue weighted by molar-refractivity contribution is 5.98. The average molecular weight is 488 g/mol. The number of aliphatic carboxylic acids is 1. The molecule has 2 N–H and O–H groups in total. The molecule has 0 spiro atoms. The van der Waals surface area contributed by atoms with Gasteiger partial charge < -0.3 is 15.2 Å². The third-order valence-electron chi connectivity index (χ3n) is 6.19. The highest BCUT2D eigenvalue weighted by atomic mass is 16.5. The number of Topliss-reactive ketones (excluding diaryl/α,β-unsaturated/α-hetero) is 1. The zero-order valence-electron chi connectivity index (χ0n) is 20.8. The second-order valence-corrected chi connectivity index (χ2v) is 8.86. The van der Waals surface area contributed by atoms with Crippen LogP contribution in [-0.2, 0) is 16.0 Å². The molecule has 1 unspecified atom stereocenters. The average Bonchev–Trinajstić information content (AvgIpc) is 2.90. The normalized spacial score (nSPS) is 11.5. The molecule has 0 heterocycles. The van der Waals surface area contributed by atoms with E-state index in [1.807, 2.05) is 60.7 Å². The maximum atomic E-state index is 12.8. The molecule has 0 saturated heterocycles. The van der Waals surface area contributed by atoms with Gasteiger partial charge >= 0.3 is 5.97 Å². The van der Waals surface area contributed by atoms with Gasteiger partial charge in [0.25, 0.3) is 0 Å². The lowest BCUT2D eigenvalue weighted by Crippen LogP contribution is -2.19. The molecule has 6 nitrogen and oxygen atoms in total. The van der Waals surface area contributed by atoms with E-state index < -0.39 is 11.9 Å². The smallest absolute Gasteiger partial charge is 0.306 e. The zero-order chi connectivity index (χ0) is 25.9. The summed E-state index contributed by atoms with van der Waals surface area (Å²) in [7, 11) is 1.60. The van der Waals surface area contributed by atoms with Crippen LogP contribution in [0, 0.1) is 5.92 Å². The molecule has 1 amide bonds. The molecule has 0 aromatic heterocycles. The Morgan fingerprint density at radius 2 is 1.50 bits per heavy atom. The monoisotopic (exact) mass is 487 g/mol. The van der Waals surface area contributed by atoms with Crippen LogP contribution in [-0.4, -0.2) is 29.9 Å². The van der Waals surface area contributed by atoms with Crippen LogP contribution < -0.4 is 10.1 Å². The number of methoxy groups -OCH3 is 1. The lowest BCUT2D eigenvalue weighted by atomic mass is 9.92. The molecule has 0 bridgehead atoms. The molecule has 0 aliphatic carbocycles. The van der Waals surface area contributed by atoms with E-state index in [2.05, 4.69) is 12.2 Å². The van der Waals surface area contributed by atoms with Crippen molar-refractivity contribution in [3.8, 4) is 16.9 Å². The van der Waals surface area contributed by atoms with Crippen molar-refractivity contribution in [2.45, 2.75) is 45.4 Å². The van der Waals surface area contributed by atoms with Gasteiger partial charge in [0.1, 0.15) is 5.75 Å². The molecule has 6 heteroatoms. The Hall–Kier alpha value is -3.93. The summed E-state index contributed by atoms with van der Waals surface area (Å²) in [6, 6.07) is 22.3. The first-order valence-corrected chi connectivity index (χ1v) is 12.3. The second-order valence-electron chi connectivity index (χ2n) is 8.86. The maximum absolute atomic E-state index is 12.8. The number of ketones is 1. The van der Waals surface area contributed by atoms with Crippen molar-refractivity contribution in [1.29, 1.82) is 0 Å². The number of aryl methyl sites for hydroxylation is 1. The Kier molecular flexibility index (Phi) is 9.81. The fourth-order valence-electron chi connectivity index (χ4n) is 3.94. The van der Waals surface area contributed by atoms with Crippen molar-refractivity contribution in [2.75, 3.05) is 12.4 Å². The van der Waals surface area contributed by atoms with E-state index in [1.54, 1.807) is 19.2 Å². The van der Waals surface area contributed by atoms with Crippen molar-refractivity contribution >= 4 is 23.3 Å². The van der Waals surface area contributed by atoms with Crippen LogP contribution in [0.1, 0.15) is 54.9 Å². The number of hydrogen-bond acceptors (Lipinski definition) is 4. The minimum absolute atomic E-state index is 0.0103. The van der Waals surface area contributed by atoms with Crippen LogP contribution in [0.5, 0.6) is 5.75 Å². The first-order chi connectivity index (χ1) is 17.4. The van der Waals surface area contributed by atoms with Gasteiger partial charge in [-0.2, -0.15) is 0 Å². The highest BCUT2D eigenvalue weighted by Gasteiger charge is 2.22. The summed E-state index contributed by atoms with van der Waals surface area (Å²) in [5.74, 6) is -1.14. The Morgan fingerprint density at radius 1 is 0.889 bits per heavy atom. The van der Waals surface area contributed by atoms with Crippen LogP contribution in [0.2, 0.25) is 0 Å². The number of carboxylic acids is 1. The Bertz CT molecular complexity index is 1150. The first kappa shape index (κ1) is 26.7. The Labute approximate surface area is 212 Å². The first-order valence-electron chi connectivity index (χ1n) is 12.3. The van der Waals surface area contributed by atoms with Crippen molar-refractivity contribution in [3.63, 3.8) is 0 Å². The summed E-state index contributed by atoms with van der Waals surface area (Å²) in [6.45, 7) is 2.05. The maximum Gasteiger partial charge on any atom is 0.306 e. The van der Waals surface area contributed by atoms with Gasteiger partial charge in [0, 0.05) is 24.1 Å². The number of anilines is 1. The predicted octanol–water partition coefficient (Wildman–Crippen LogP) is 6.40. The standard InChI is InChI=1S/C30H33NO5/c1-3-4-5-29(33)31-26-16-14-23(15-17-26)22-10-12-24(13-11-22)28(32)20-25(30(34)35)9-6-21-7-18-27(36-2)19-8-21/h7-8,10-19,25H,3-6,9,20H2,1-2H3,(H,31,33)(H,34,35). The summed E-state index contributed by atoms with van der Waals surface area (Å²) in [5.41, 5.74) is 4.15. The molecule has 0 saturated carbocycles. The third-order valence-corrected chi connectivity index (χ3v) is 6.19. The minimum Gasteiger partial charge on any atom is -0.497 e. The molecule has 1 atom stereocenters. The minimum atomic E-state index is -0.963. The van der Waals surface area contributed by atoms with Gasteiger partial charge in [-0.1, -0.05) is 61.9 Å². The second kappa shape index (κ2) is 13.2. The Balaban J connectivity index is 1.57. The van der Waals surface area contributed by atoms with Gasteiger partial charge in [0.2, 0.25) is 5.91 Å². The molecular weight excluding hydrogens is 454 g/mol. The van der Waals surface area contributed by atoms with Gasteiger partial charge in [-0.3, -0.25) is 14.4 Å². The van der Waals surface area contributed by atoms with Crippen LogP contribution in [0.4, 0.5) is 5.69 Å². The summed E-state index contributed by atoms with van der Waals surface area (Å²) >= 11 is 0. The van der Waals surface area contributed by atoms with Gasteiger partial charge in [-0.15, -0.1) is 0 Å². The van der Waals surface area contributed by atoms with E-state index in [-0.39, 0.29) is 18.1 Å². The Morgan fingerprint density at radius 3 is 2.06 bits per heavy atom. The molecule has 188 valence electrons. The lowest BCUT2D eigenvalue weighted by molar-refractivity contribution is -0.141. The van der Waals surface area contributed by atoms with Gasteiger partial charge in [0.05, 0.1) is 13.0 Å². The number of amides is 1. The van der Waals surface area contributed by atoms with E-state index >= 15 is 0 Å². The third kappa shape index (κ3) is 7.80. The molecule has 0 radical (unpaired) electrons. The van der Waals surface area contributed by atoms with Gasteiger partial charge in [-0.05, 0) is 60.2 Å². The largest absolute Gasteiger partial charge is 0.497 e. The van der Waals surface area contributed by atoms with E-state index in [0.29, 0.717) is 24.8 Å². The summed E-state index contributed by atoms with van der Waals surface area (Å²) < 4.78 is 5.15. The molecule has 0 aliphatic rings. The van der Waals surface area contributed by atoms with E-state index in [4.69, 9.17) is 4.74 Å². The number of carbonyl (C=O) groups is 3.